The number of halogens is 2. The molecule has 0 aliphatic carbocycles. The molecule has 0 saturated heterocycles. The number of hydrogen-bond donors (Lipinski definition) is 0. The normalized spacial score (nSPS) is 11.8. The molecule has 0 radical (unpaired) electrons. The Morgan fingerprint density at radius 2 is 1.57 bits per heavy atom. The van der Waals surface area contributed by atoms with Crippen LogP contribution in [-0.4, -0.2) is 0 Å². The summed E-state index contributed by atoms with van der Waals surface area (Å²) < 4.78 is 25.7. The van der Waals surface area contributed by atoms with Crippen molar-refractivity contribution in [2.75, 3.05) is 0 Å². The van der Waals surface area contributed by atoms with Crippen molar-refractivity contribution in [3.8, 4) is 0 Å². The minimum Gasteiger partial charge on any atom is -0.207 e. The van der Waals surface area contributed by atoms with Crippen molar-refractivity contribution >= 4 is 0 Å². The molecule has 1 aromatic rings. The van der Waals surface area contributed by atoms with Crippen molar-refractivity contribution in [3.63, 3.8) is 0 Å². The van der Waals surface area contributed by atoms with E-state index >= 15 is 0 Å². The van der Waals surface area contributed by atoms with Crippen molar-refractivity contribution in [1.29, 1.82) is 0 Å². The van der Waals surface area contributed by atoms with Crippen LogP contribution in [0.4, 0.5) is 8.78 Å². The lowest BCUT2D eigenvalue weighted by molar-refractivity contribution is 0.348. The molecule has 78 valence electrons. The van der Waals surface area contributed by atoms with Gasteiger partial charge >= 0.3 is 0 Å². The molecule has 0 spiro atoms. The fraction of sp³-hybridized carbons (Fsp3) is 0.500. The molecule has 0 saturated carbocycles. The highest BCUT2D eigenvalue weighted by Gasteiger charge is 2.16. The number of rotatable bonds is 3. The molecule has 0 unspecified atom stereocenters. The summed E-state index contributed by atoms with van der Waals surface area (Å²) in [4.78, 5) is 0. The fourth-order valence-electron chi connectivity index (χ4n) is 1.39. The first-order valence-electron chi connectivity index (χ1n) is 4.88. The van der Waals surface area contributed by atoms with Crippen molar-refractivity contribution in [2.24, 2.45) is 5.41 Å². The molecule has 0 nitrogen and oxygen atoms in total. The van der Waals surface area contributed by atoms with Gasteiger partial charge in [-0.2, -0.15) is 0 Å². The molecule has 0 fully saturated rings. The second kappa shape index (κ2) is 4.07. The Kier molecular flexibility index (Phi) is 3.25. The Hall–Kier alpha value is -0.920. The molecule has 1 aromatic carbocycles. The van der Waals surface area contributed by atoms with Gasteiger partial charge in [-0.3, -0.25) is 0 Å². The molecular weight excluding hydrogens is 182 g/mol. The summed E-state index contributed by atoms with van der Waals surface area (Å²) in [5.74, 6) is -0.987. The summed E-state index contributed by atoms with van der Waals surface area (Å²) >= 11 is 0. The van der Waals surface area contributed by atoms with Gasteiger partial charge in [0.05, 0.1) is 0 Å². The maximum Gasteiger partial charge on any atom is 0.126 e. The lowest BCUT2D eigenvalue weighted by atomic mass is 9.83. The standard InChI is InChI=1S/C12H16F2/c1-4-12(2,3)8-9-5-10(13)7-11(14)6-9/h5-7H,4,8H2,1-3H3. The third kappa shape index (κ3) is 3.09. The van der Waals surface area contributed by atoms with Crippen LogP contribution in [0.5, 0.6) is 0 Å². The van der Waals surface area contributed by atoms with E-state index in [-0.39, 0.29) is 5.41 Å². The van der Waals surface area contributed by atoms with Crippen LogP contribution >= 0.6 is 0 Å². The van der Waals surface area contributed by atoms with Gasteiger partial charge in [0.2, 0.25) is 0 Å². The zero-order valence-electron chi connectivity index (χ0n) is 8.90. The highest BCUT2D eigenvalue weighted by Crippen LogP contribution is 2.25. The Bertz CT molecular complexity index is 296. The van der Waals surface area contributed by atoms with Crippen molar-refractivity contribution in [2.45, 2.75) is 33.6 Å². The second-order valence-corrected chi connectivity index (χ2v) is 4.47. The summed E-state index contributed by atoms with van der Waals surface area (Å²) in [6, 6.07) is 3.71. The average Bonchev–Trinajstić information content (AvgIpc) is 2.01. The lowest BCUT2D eigenvalue weighted by Crippen LogP contribution is -2.13. The van der Waals surface area contributed by atoms with E-state index in [1.54, 1.807) is 0 Å². The molecule has 0 heterocycles. The Morgan fingerprint density at radius 1 is 1.07 bits per heavy atom. The zero-order chi connectivity index (χ0) is 10.8. The van der Waals surface area contributed by atoms with Gasteiger partial charge in [-0.15, -0.1) is 0 Å². The molecule has 0 bridgehead atoms. The molecule has 0 aliphatic heterocycles. The van der Waals surface area contributed by atoms with Gasteiger partial charge in [0.1, 0.15) is 11.6 Å². The molecule has 2 heteroatoms. The number of benzene rings is 1. The van der Waals surface area contributed by atoms with Gasteiger partial charge in [-0.1, -0.05) is 27.2 Å². The van der Waals surface area contributed by atoms with E-state index in [4.69, 9.17) is 0 Å². The smallest absolute Gasteiger partial charge is 0.126 e. The van der Waals surface area contributed by atoms with Crippen LogP contribution in [0.25, 0.3) is 0 Å². The van der Waals surface area contributed by atoms with E-state index in [0.717, 1.165) is 18.1 Å². The molecule has 1 rings (SSSR count). The van der Waals surface area contributed by atoms with Gasteiger partial charge in [0.15, 0.2) is 0 Å². The predicted octanol–water partition coefficient (Wildman–Crippen LogP) is 3.94. The average molecular weight is 198 g/mol. The second-order valence-electron chi connectivity index (χ2n) is 4.47. The van der Waals surface area contributed by atoms with Crippen molar-refractivity contribution in [1.82, 2.24) is 0 Å². The van der Waals surface area contributed by atoms with Gasteiger partial charge < -0.3 is 0 Å². The Morgan fingerprint density at radius 3 is 2.00 bits per heavy atom. The van der Waals surface area contributed by atoms with E-state index in [2.05, 4.69) is 20.8 Å². The van der Waals surface area contributed by atoms with E-state index in [1.165, 1.54) is 12.1 Å². The minimum atomic E-state index is -0.494. The Balaban J connectivity index is 2.87. The van der Waals surface area contributed by atoms with Gasteiger partial charge in [0.25, 0.3) is 0 Å². The molecule has 0 aromatic heterocycles. The largest absolute Gasteiger partial charge is 0.207 e. The monoisotopic (exact) mass is 198 g/mol. The molecule has 0 aliphatic rings. The summed E-state index contributed by atoms with van der Waals surface area (Å²) in [6.07, 6.45) is 1.70. The van der Waals surface area contributed by atoms with Crippen LogP contribution in [0.2, 0.25) is 0 Å². The SMILES string of the molecule is CCC(C)(C)Cc1cc(F)cc(F)c1. The lowest BCUT2D eigenvalue weighted by Gasteiger charge is -2.22. The van der Waals surface area contributed by atoms with Crippen LogP contribution in [0.15, 0.2) is 18.2 Å². The molecule has 0 amide bonds. The molecular formula is C12H16F2. The first-order chi connectivity index (χ1) is 6.43. The van der Waals surface area contributed by atoms with Crippen LogP contribution in [0.3, 0.4) is 0 Å². The first kappa shape index (κ1) is 11.2. The van der Waals surface area contributed by atoms with E-state index in [9.17, 15) is 8.78 Å². The van der Waals surface area contributed by atoms with Crippen LogP contribution in [0.1, 0.15) is 32.8 Å². The quantitative estimate of drug-likeness (QED) is 0.690. The van der Waals surface area contributed by atoms with Crippen molar-refractivity contribution in [3.05, 3.63) is 35.4 Å². The maximum absolute atomic E-state index is 12.9. The molecule has 0 atom stereocenters. The number of hydrogen-bond acceptors (Lipinski definition) is 0. The highest BCUT2D eigenvalue weighted by molar-refractivity contribution is 5.19. The summed E-state index contributed by atoms with van der Waals surface area (Å²) in [6.45, 7) is 6.27. The predicted molar refractivity (Wildman–Crippen MR) is 54.1 cm³/mol. The van der Waals surface area contributed by atoms with Gasteiger partial charge in [-0.25, -0.2) is 8.78 Å². The van der Waals surface area contributed by atoms with Crippen LogP contribution in [-0.2, 0) is 6.42 Å². The first-order valence-corrected chi connectivity index (χ1v) is 4.88. The van der Waals surface area contributed by atoms with Gasteiger partial charge in [-0.05, 0) is 29.5 Å². The molecule has 0 N–H and O–H groups in total. The Labute approximate surface area is 84.0 Å². The topological polar surface area (TPSA) is 0 Å². The van der Waals surface area contributed by atoms with E-state index < -0.39 is 11.6 Å². The molecule has 14 heavy (non-hydrogen) atoms. The summed E-state index contributed by atoms with van der Waals surface area (Å²) in [5, 5.41) is 0. The third-order valence-electron chi connectivity index (χ3n) is 2.56. The highest BCUT2D eigenvalue weighted by atomic mass is 19.1. The van der Waals surface area contributed by atoms with E-state index in [1.807, 2.05) is 0 Å². The van der Waals surface area contributed by atoms with Crippen molar-refractivity contribution < 1.29 is 8.78 Å². The van der Waals surface area contributed by atoms with Crippen LogP contribution < -0.4 is 0 Å². The summed E-state index contributed by atoms with van der Waals surface area (Å²) in [7, 11) is 0. The third-order valence-corrected chi connectivity index (χ3v) is 2.56. The summed E-state index contributed by atoms with van der Waals surface area (Å²) in [5.41, 5.74) is 0.828. The maximum atomic E-state index is 12.9. The van der Waals surface area contributed by atoms with Crippen LogP contribution in [0, 0.1) is 17.0 Å². The minimum absolute atomic E-state index is 0.0975. The fourth-order valence-corrected chi connectivity index (χ4v) is 1.39. The zero-order valence-corrected chi connectivity index (χ0v) is 8.90. The van der Waals surface area contributed by atoms with E-state index in [0.29, 0.717) is 6.42 Å². The van der Waals surface area contributed by atoms with Gasteiger partial charge in [0, 0.05) is 6.07 Å².